The average Bonchev–Trinajstić information content (AvgIpc) is 3.10. The van der Waals surface area contributed by atoms with Crippen LogP contribution in [-0.4, -0.2) is 19.9 Å². The number of rotatable bonds is 6. The molecule has 0 aliphatic heterocycles. The molecular weight excluding hydrogens is 270 g/mol. The maximum absolute atomic E-state index is 5.40. The van der Waals surface area contributed by atoms with E-state index in [9.17, 15) is 0 Å². The molecular formula is C12H16BrNO2. The van der Waals surface area contributed by atoms with E-state index in [0.29, 0.717) is 0 Å². The number of hydrogen-bond acceptors (Lipinski definition) is 3. The van der Waals surface area contributed by atoms with Gasteiger partial charge in [0.25, 0.3) is 0 Å². The fourth-order valence-electron chi connectivity index (χ4n) is 1.45. The Balaban J connectivity index is 1.96. The molecule has 1 aromatic carbocycles. The standard InChI is InChI=1S/C12H16BrNO2/c1-15-8-16-11-4-5-12(13)9(6-11)7-14-10-2-3-10/h4-6,10,14H,2-3,7-8H2,1H3. The molecule has 0 heterocycles. The minimum Gasteiger partial charge on any atom is -0.468 e. The minimum absolute atomic E-state index is 0.289. The van der Waals surface area contributed by atoms with Gasteiger partial charge in [-0.15, -0.1) is 0 Å². The van der Waals surface area contributed by atoms with Crippen LogP contribution in [0.4, 0.5) is 0 Å². The molecule has 0 unspecified atom stereocenters. The first-order chi connectivity index (χ1) is 7.79. The summed E-state index contributed by atoms with van der Waals surface area (Å²) >= 11 is 3.54. The van der Waals surface area contributed by atoms with E-state index in [1.807, 2.05) is 18.2 Å². The summed E-state index contributed by atoms with van der Waals surface area (Å²) < 4.78 is 11.4. The zero-order valence-electron chi connectivity index (χ0n) is 9.33. The first-order valence-electron chi connectivity index (χ1n) is 5.43. The molecule has 0 amide bonds. The van der Waals surface area contributed by atoms with E-state index in [0.717, 1.165) is 22.8 Å². The Bertz CT molecular complexity index is 353. The fourth-order valence-corrected chi connectivity index (χ4v) is 1.83. The maximum Gasteiger partial charge on any atom is 0.188 e. The highest BCUT2D eigenvalue weighted by Gasteiger charge is 2.20. The molecule has 1 N–H and O–H groups in total. The second-order valence-electron chi connectivity index (χ2n) is 3.96. The predicted molar refractivity (Wildman–Crippen MR) is 66.5 cm³/mol. The van der Waals surface area contributed by atoms with Crippen LogP contribution in [0.1, 0.15) is 18.4 Å². The fraction of sp³-hybridized carbons (Fsp3) is 0.500. The molecule has 0 spiro atoms. The summed E-state index contributed by atoms with van der Waals surface area (Å²) in [6, 6.07) is 6.70. The number of hydrogen-bond donors (Lipinski definition) is 1. The molecule has 88 valence electrons. The van der Waals surface area contributed by atoms with Crippen molar-refractivity contribution < 1.29 is 9.47 Å². The lowest BCUT2D eigenvalue weighted by molar-refractivity contribution is 0.0510. The molecule has 0 bridgehead atoms. The number of halogens is 1. The lowest BCUT2D eigenvalue weighted by atomic mass is 10.2. The SMILES string of the molecule is COCOc1ccc(Br)c(CNC2CC2)c1. The zero-order chi connectivity index (χ0) is 11.4. The Kier molecular flexibility index (Phi) is 4.21. The van der Waals surface area contributed by atoms with Crippen molar-refractivity contribution in [3.05, 3.63) is 28.2 Å². The summed E-state index contributed by atoms with van der Waals surface area (Å²) in [6.07, 6.45) is 2.61. The van der Waals surface area contributed by atoms with Gasteiger partial charge < -0.3 is 14.8 Å². The van der Waals surface area contributed by atoms with Crippen LogP contribution in [0.2, 0.25) is 0 Å². The number of nitrogens with one attached hydrogen (secondary N) is 1. The van der Waals surface area contributed by atoms with Crippen molar-refractivity contribution in [1.82, 2.24) is 5.32 Å². The number of benzene rings is 1. The molecule has 0 atom stereocenters. The van der Waals surface area contributed by atoms with Gasteiger partial charge in [-0.05, 0) is 36.6 Å². The predicted octanol–water partition coefficient (Wildman–Crippen LogP) is 2.68. The van der Waals surface area contributed by atoms with Crippen LogP contribution in [0.5, 0.6) is 5.75 Å². The van der Waals surface area contributed by atoms with Gasteiger partial charge in [-0.3, -0.25) is 0 Å². The Morgan fingerprint density at radius 2 is 2.25 bits per heavy atom. The third-order valence-electron chi connectivity index (χ3n) is 2.52. The highest BCUT2D eigenvalue weighted by Crippen LogP contribution is 2.25. The van der Waals surface area contributed by atoms with E-state index in [-0.39, 0.29) is 6.79 Å². The van der Waals surface area contributed by atoms with E-state index in [1.54, 1.807) is 7.11 Å². The average molecular weight is 286 g/mol. The van der Waals surface area contributed by atoms with Gasteiger partial charge in [-0.25, -0.2) is 0 Å². The topological polar surface area (TPSA) is 30.5 Å². The molecule has 1 aliphatic rings. The van der Waals surface area contributed by atoms with Crippen molar-refractivity contribution in [3.63, 3.8) is 0 Å². The van der Waals surface area contributed by atoms with Crippen molar-refractivity contribution in [2.24, 2.45) is 0 Å². The van der Waals surface area contributed by atoms with Gasteiger partial charge in [-0.2, -0.15) is 0 Å². The third-order valence-corrected chi connectivity index (χ3v) is 3.29. The van der Waals surface area contributed by atoms with Crippen LogP contribution in [0.25, 0.3) is 0 Å². The maximum atomic E-state index is 5.40. The molecule has 2 rings (SSSR count). The molecule has 0 saturated heterocycles. The van der Waals surface area contributed by atoms with Crippen molar-refractivity contribution >= 4 is 15.9 Å². The first-order valence-corrected chi connectivity index (χ1v) is 6.22. The van der Waals surface area contributed by atoms with Gasteiger partial charge >= 0.3 is 0 Å². The summed E-state index contributed by atoms with van der Waals surface area (Å²) in [5.41, 5.74) is 1.22. The van der Waals surface area contributed by atoms with Crippen molar-refractivity contribution in [2.75, 3.05) is 13.9 Å². The van der Waals surface area contributed by atoms with Crippen LogP contribution >= 0.6 is 15.9 Å². The number of ether oxygens (including phenoxy) is 2. The van der Waals surface area contributed by atoms with E-state index < -0.39 is 0 Å². The Labute approximate surface area is 104 Å². The monoisotopic (exact) mass is 285 g/mol. The first kappa shape index (κ1) is 11.9. The van der Waals surface area contributed by atoms with Crippen molar-refractivity contribution in [1.29, 1.82) is 0 Å². The summed E-state index contributed by atoms with van der Waals surface area (Å²) in [4.78, 5) is 0. The molecule has 1 saturated carbocycles. The summed E-state index contributed by atoms with van der Waals surface area (Å²) in [6.45, 7) is 1.17. The van der Waals surface area contributed by atoms with Gasteiger partial charge in [0.2, 0.25) is 0 Å². The lowest BCUT2D eigenvalue weighted by Crippen LogP contribution is -2.15. The highest BCUT2D eigenvalue weighted by molar-refractivity contribution is 9.10. The van der Waals surface area contributed by atoms with E-state index in [4.69, 9.17) is 9.47 Å². The van der Waals surface area contributed by atoms with Crippen LogP contribution in [0.15, 0.2) is 22.7 Å². The van der Waals surface area contributed by atoms with E-state index in [1.165, 1.54) is 18.4 Å². The summed E-state index contributed by atoms with van der Waals surface area (Å²) in [7, 11) is 1.62. The Hall–Kier alpha value is -0.580. The molecule has 4 heteroatoms. The largest absolute Gasteiger partial charge is 0.468 e. The second kappa shape index (κ2) is 5.66. The van der Waals surface area contributed by atoms with Crippen LogP contribution in [-0.2, 0) is 11.3 Å². The van der Waals surface area contributed by atoms with Gasteiger partial charge in [0, 0.05) is 24.2 Å². The molecule has 1 fully saturated rings. The Morgan fingerprint density at radius 3 is 2.94 bits per heavy atom. The molecule has 16 heavy (non-hydrogen) atoms. The Morgan fingerprint density at radius 1 is 1.44 bits per heavy atom. The highest BCUT2D eigenvalue weighted by atomic mass is 79.9. The van der Waals surface area contributed by atoms with Gasteiger partial charge in [0.1, 0.15) is 5.75 Å². The van der Waals surface area contributed by atoms with Crippen molar-refractivity contribution in [3.8, 4) is 5.75 Å². The molecule has 0 radical (unpaired) electrons. The van der Waals surface area contributed by atoms with E-state index >= 15 is 0 Å². The van der Waals surface area contributed by atoms with E-state index in [2.05, 4.69) is 21.2 Å². The van der Waals surface area contributed by atoms with Gasteiger partial charge in [-0.1, -0.05) is 15.9 Å². The van der Waals surface area contributed by atoms with Crippen LogP contribution in [0.3, 0.4) is 0 Å². The molecule has 0 aromatic heterocycles. The number of methoxy groups -OCH3 is 1. The van der Waals surface area contributed by atoms with Gasteiger partial charge in [0.05, 0.1) is 0 Å². The smallest absolute Gasteiger partial charge is 0.188 e. The third kappa shape index (κ3) is 3.47. The zero-order valence-corrected chi connectivity index (χ0v) is 10.9. The van der Waals surface area contributed by atoms with Crippen LogP contribution in [0, 0.1) is 0 Å². The molecule has 1 aliphatic carbocycles. The van der Waals surface area contributed by atoms with Crippen molar-refractivity contribution in [2.45, 2.75) is 25.4 Å². The van der Waals surface area contributed by atoms with Gasteiger partial charge in [0.15, 0.2) is 6.79 Å². The lowest BCUT2D eigenvalue weighted by Gasteiger charge is -2.09. The molecule has 3 nitrogen and oxygen atoms in total. The second-order valence-corrected chi connectivity index (χ2v) is 4.81. The summed E-state index contributed by atoms with van der Waals surface area (Å²) in [5.74, 6) is 0.845. The summed E-state index contributed by atoms with van der Waals surface area (Å²) in [5, 5.41) is 3.48. The quantitative estimate of drug-likeness (QED) is 0.816. The molecule has 1 aromatic rings. The normalized spacial score (nSPS) is 15.1. The van der Waals surface area contributed by atoms with Crippen LogP contribution < -0.4 is 10.1 Å². The minimum atomic E-state index is 0.289.